The molecule has 1 aromatic heterocycles. The van der Waals surface area contributed by atoms with Crippen LogP contribution in [0.4, 0.5) is 5.82 Å². The molecule has 1 saturated heterocycles. The minimum Gasteiger partial charge on any atom is -0.478 e. The van der Waals surface area contributed by atoms with Crippen molar-refractivity contribution in [2.75, 3.05) is 4.90 Å². The van der Waals surface area contributed by atoms with E-state index in [2.05, 4.69) is 4.98 Å². The van der Waals surface area contributed by atoms with Gasteiger partial charge < -0.3 is 5.11 Å². The maximum atomic E-state index is 11.7. The summed E-state index contributed by atoms with van der Waals surface area (Å²) in [7, 11) is 0. The van der Waals surface area contributed by atoms with Crippen molar-refractivity contribution in [3.63, 3.8) is 0 Å². The summed E-state index contributed by atoms with van der Waals surface area (Å²) in [5.74, 6) is -1.40. The van der Waals surface area contributed by atoms with Crippen LogP contribution in [-0.2, 0) is 14.4 Å². The molecule has 98 valence electrons. The molecule has 1 aliphatic heterocycles. The van der Waals surface area contributed by atoms with Gasteiger partial charge in [-0.3, -0.25) is 9.59 Å². The third-order valence-corrected chi connectivity index (χ3v) is 2.66. The van der Waals surface area contributed by atoms with E-state index in [9.17, 15) is 14.4 Å². The minimum absolute atomic E-state index is 0.238. The molecule has 2 rings (SSSR count). The first kappa shape index (κ1) is 12.9. The summed E-state index contributed by atoms with van der Waals surface area (Å²) in [5.41, 5.74) is 0.381. The summed E-state index contributed by atoms with van der Waals surface area (Å²) >= 11 is 0. The van der Waals surface area contributed by atoms with E-state index in [1.807, 2.05) is 0 Å². The number of carbonyl (C=O) groups excluding carboxylic acids is 2. The summed E-state index contributed by atoms with van der Waals surface area (Å²) in [6.07, 6.45) is 3.47. The smallest absolute Gasteiger partial charge is 0.328 e. The number of imide groups is 1. The average molecular weight is 260 g/mol. The van der Waals surface area contributed by atoms with Gasteiger partial charge in [-0.2, -0.15) is 0 Å². The highest BCUT2D eigenvalue weighted by molar-refractivity contribution is 6.15. The van der Waals surface area contributed by atoms with E-state index in [-0.39, 0.29) is 17.6 Å². The lowest BCUT2D eigenvalue weighted by molar-refractivity contribution is -0.131. The highest BCUT2D eigenvalue weighted by Gasteiger charge is 2.28. The standard InChI is InChI=1S/C13H12N2O4/c16-11-5-2-6-12(17)15(11)10-4-1-3-9(14-10)7-8-13(18)19/h1,3-4,7-8H,2,5-6H2,(H,18,19)/b8-7+. The molecule has 0 spiro atoms. The first-order valence-electron chi connectivity index (χ1n) is 5.82. The lowest BCUT2D eigenvalue weighted by Gasteiger charge is -2.23. The van der Waals surface area contributed by atoms with Crippen LogP contribution in [0.2, 0.25) is 0 Å². The Balaban J connectivity index is 2.29. The Labute approximate surface area is 109 Å². The van der Waals surface area contributed by atoms with Crippen LogP contribution in [0, 0.1) is 0 Å². The first-order valence-corrected chi connectivity index (χ1v) is 5.82. The summed E-state index contributed by atoms with van der Waals surface area (Å²) in [4.78, 5) is 39.1. The number of carbonyl (C=O) groups is 3. The summed E-state index contributed by atoms with van der Waals surface area (Å²) in [5, 5.41) is 8.54. The Morgan fingerprint density at radius 3 is 2.58 bits per heavy atom. The maximum absolute atomic E-state index is 11.7. The van der Waals surface area contributed by atoms with Gasteiger partial charge in [0.15, 0.2) is 0 Å². The van der Waals surface area contributed by atoms with Crippen LogP contribution in [-0.4, -0.2) is 27.9 Å². The number of aromatic nitrogens is 1. The van der Waals surface area contributed by atoms with Crippen molar-refractivity contribution >= 4 is 29.7 Å². The number of pyridine rings is 1. The van der Waals surface area contributed by atoms with Crippen LogP contribution in [0.5, 0.6) is 0 Å². The Hall–Kier alpha value is -2.50. The van der Waals surface area contributed by atoms with Crippen LogP contribution in [0.15, 0.2) is 24.3 Å². The van der Waals surface area contributed by atoms with Crippen LogP contribution >= 0.6 is 0 Å². The molecule has 0 saturated carbocycles. The number of hydrogen-bond donors (Lipinski definition) is 1. The second-order valence-corrected chi connectivity index (χ2v) is 4.07. The van der Waals surface area contributed by atoms with E-state index in [1.54, 1.807) is 18.2 Å². The average Bonchev–Trinajstić information content (AvgIpc) is 2.37. The number of rotatable bonds is 3. The van der Waals surface area contributed by atoms with Gasteiger partial charge in [0.1, 0.15) is 5.82 Å². The molecule has 1 aliphatic rings. The Kier molecular flexibility index (Phi) is 3.70. The number of amides is 2. The van der Waals surface area contributed by atoms with Crippen LogP contribution in [0.1, 0.15) is 25.0 Å². The van der Waals surface area contributed by atoms with Crippen molar-refractivity contribution in [1.82, 2.24) is 4.98 Å². The second kappa shape index (κ2) is 5.43. The van der Waals surface area contributed by atoms with Gasteiger partial charge in [-0.1, -0.05) is 6.07 Å². The van der Waals surface area contributed by atoms with Crippen molar-refractivity contribution in [3.8, 4) is 0 Å². The van der Waals surface area contributed by atoms with Crippen molar-refractivity contribution in [2.45, 2.75) is 19.3 Å². The molecule has 6 heteroatoms. The molecule has 1 fully saturated rings. The quantitative estimate of drug-likeness (QED) is 0.652. The van der Waals surface area contributed by atoms with Gasteiger partial charge >= 0.3 is 5.97 Å². The topological polar surface area (TPSA) is 87.6 Å². The molecular weight excluding hydrogens is 248 g/mol. The zero-order chi connectivity index (χ0) is 13.8. The van der Waals surface area contributed by atoms with Gasteiger partial charge in [-0.05, 0) is 24.6 Å². The molecule has 0 atom stereocenters. The zero-order valence-electron chi connectivity index (χ0n) is 10.1. The molecular formula is C13H12N2O4. The maximum Gasteiger partial charge on any atom is 0.328 e. The van der Waals surface area contributed by atoms with E-state index in [4.69, 9.17) is 5.11 Å². The van der Waals surface area contributed by atoms with Crippen LogP contribution in [0.3, 0.4) is 0 Å². The van der Waals surface area contributed by atoms with Gasteiger partial charge in [0.25, 0.3) is 0 Å². The van der Waals surface area contributed by atoms with Gasteiger partial charge in [0.05, 0.1) is 5.69 Å². The number of hydrogen-bond acceptors (Lipinski definition) is 4. The SMILES string of the molecule is O=C(O)/C=C/c1cccc(N2C(=O)CCCC2=O)n1. The predicted molar refractivity (Wildman–Crippen MR) is 67.3 cm³/mol. The number of carboxylic acid groups (broad SMARTS) is 1. The molecule has 2 heterocycles. The highest BCUT2D eigenvalue weighted by Crippen LogP contribution is 2.20. The van der Waals surface area contributed by atoms with Crippen LogP contribution in [0.25, 0.3) is 6.08 Å². The summed E-state index contributed by atoms with van der Waals surface area (Å²) in [6.45, 7) is 0. The minimum atomic E-state index is -1.09. The fourth-order valence-electron chi connectivity index (χ4n) is 1.82. The van der Waals surface area contributed by atoms with Crippen LogP contribution < -0.4 is 4.90 Å². The number of piperidine rings is 1. The third kappa shape index (κ3) is 3.04. The zero-order valence-corrected chi connectivity index (χ0v) is 10.1. The van der Waals surface area contributed by atoms with Crippen molar-refractivity contribution in [2.24, 2.45) is 0 Å². The normalized spacial score (nSPS) is 16.1. The Bertz CT molecular complexity index is 550. The number of anilines is 1. The molecule has 19 heavy (non-hydrogen) atoms. The fourth-order valence-corrected chi connectivity index (χ4v) is 1.82. The van der Waals surface area contributed by atoms with Gasteiger partial charge in [-0.25, -0.2) is 14.7 Å². The van der Waals surface area contributed by atoms with Crippen molar-refractivity contribution < 1.29 is 19.5 Å². The highest BCUT2D eigenvalue weighted by atomic mass is 16.4. The van der Waals surface area contributed by atoms with Gasteiger partial charge in [0.2, 0.25) is 11.8 Å². The van der Waals surface area contributed by atoms with E-state index < -0.39 is 5.97 Å². The second-order valence-electron chi connectivity index (χ2n) is 4.07. The molecule has 6 nitrogen and oxygen atoms in total. The number of carboxylic acids is 1. The Morgan fingerprint density at radius 1 is 1.26 bits per heavy atom. The monoisotopic (exact) mass is 260 g/mol. The van der Waals surface area contributed by atoms with Gasteiger partial charge in [0, 0.05) is 18.9 Å². The summed E-state index contributed by atoms with van der Waals surface area (Å²) < 4.78 is 0. The van der Waals surface area contributed by atoms with Crippen molar-refractivity contribution in [1.29, 1.82) is 0 Å². The summed E-state index contributed by atoms with van der Waals surface area (Å²) in [6, 6.07) is 4.78. The molecule has 2 amide bonds. The fraction of sp³-hybridized carbons (Fsp3) is 0.231. The first-order chi connectivity index (χ1) is 9.08. The lowest BCUT2D eigenvalue weighted by atomic mass is 10.1. The van der Waals surface area contributed by atoms with E-state index in [0.29, 0.717) is 25.0 Å². The molecule has 0 radical (unpaired) electrons. The van der Waals surface area contributed by atoms with E-state index >= 15 is 0 Å². The number of aliphatic carboxylic acids is 1. The Morgan fingerprint density at radius 2 is 1.95 bits per heavy atom. The molecule has 1 aromatic rings. The van der Waals surface area contributed by atoms with E-state index in [0.717, 1.165) is 11.0 Å². The largest absolute Gasteiger partial charge is 0.478 e. The molecule has 0 unspecified atom stereocenters. The molecule has 1 N–H and O–H groups in total. The molecule has 0 aliphatic carbocycles. The predicted octanol–water partition coefficient (Wildman–Crippen LogP) is 1.22. The number of nitrogens with zero attached hydrogens (tertiary/aromatic N) is 2. The van der Waals surface area contributed by atoms with E-state index in [1.165, 1.54) is 6.08 Å². The van der Waals surface area contributed by atoms with Gasteiger partial charge in [-0.15, -0.1) is 0 Å². The van der Waals surface area contributed by atoms with Crippen molar-refractivity contribution in [3.05, 3.63) is 30.0 Å². The molecule has 0 aromatic carbocycles. The molecule has 0 bridgehead atoms. The third-order valence-electron chi connectivity index (χ3n) is 2.66. The lowest BCUT2D eigenvalue weighted by Crippen LogP contribution is -2.40.